The first kappa shape index (κ1) is 16.9. The van der Waals surface area contributed by atoms with Crippen molar-refractivity contribution in [1.82, 2.24) is 19.7 Å². The Kier molecular flexibility index (Phi) is 4.77. The molecule has 1 atom stereocenters. The molecule has 2 aliphatic rings. The van der Waals surface area contributed by atoms with Crippen LogP contribution in [0.2, 0.25) is 0 Å². The van der Waals surface area contributed by atoms with Gasteiger partial charge in [-0.1, -0.05) is 6.42 Å². The summed E-state index contributed by atoms with van der Waals surface area (Å²) >= 11 is 0. The van der Waals surface area contributed by atoms with Gasteiger partial charge < -0.3 is 19.5 Å². The summed E-state index contributed by atoms with van der Waals surface area (Å²) in [6.07, 6.45) is 6.47. The third kappa shape index (κ3) is 3.25. The largest absolute Gasteiger partial charge is 0.497 e. The van der Waals surface area contributed by atoms with Gasteiger partial charge in [0.15, 0.2) is 5.82 Å². The van der Waals surface area contributed by atoms with Crippen LogP contribution in [0.4, 0.5) is 10.5 Å². The first-order valence-electron chi connectivity index (χ1n) is 9.40. The van der Waals surface area contributed by atoms with Crippen molar-refractivity contribution in [3.05, 3.63) is 35.9 Å². The third-order valence-electron chi connectivity index (χ3n) is 5.29. The van der Waals surface area contributed by atoms with Gasteiger partial charge in [0.05, 0.1) is 13.2 Å². The van der Waals surface area contributed by atoms with Crippen LogP contribution in [0.25, 0.3) is 0 Å². The van der Waals surface area contributed by atoms with E-state index in [0.717, 1.165) is 61.9 Å². The summed E-state index contributed by atoms with van der Waals surface area (Å²) in [6, 6.07) is 7.32. The van der Waals surface area contributed by atoms with Crippen LogP contribution >= 0.6 is 0 Å². The number of nitrogens with zero attached hydrogens (tertiary/aromatic N) is 4. The van der Waals surface area contributed by atoms with E-state index in [1.165, 1.54) is 12.8 Å². The number of hydrogen-bond donors (Lipinski definition) is 1. The molecule has 26 heavy (non-hydrogen) atoms. The normalized spacial score (nSPS) is 19.7. The number of ether oxygens (including phenoxy) is 1. The highest BCUT2D eigenvalue weighted by atomic mass is 16.5. The average molecular weight is 355 g/mol. The van der Waals surface area contributed by atoms with Gasteiger partial charge in [0.25, 0.3) is 0 Å². The summed E-state index contributed by atoms with van der Waals surface area (Å²) in [4.78, 5) is 14.7. The molecule has 0 saturated carbocycles. The van der Waals surface area contributed by atoms with E-state index < -0.39 is 0 Å². The molecule has 0 aliphatic carbocycles. The molecule has 1 aromatic heterocycles. The Morgan fingerprint density at radius 3 is 2.77 bits per heavy atom. The summed E-state index contributed by atoms with van der Waals surface area (Å²) in [5.74, 6) is 2.79. The number of urea groups is 1. The predicted molar refractivity (Wildman–Crippen MR) is 98.3 cm³/mol. The number of aryl methyl sites for hydroxylation is 1. The second-order valence-corrected chi connectivity index (χ2v) is 6.95. The minimum atomic E-state index is -0.0800. The van der Waals surface area contributed by atoms with Crippen molar-refractivity contribution < 1.29 is 9.53 Å². The quantitative estimate of drug-likeness (QED) is 0.916. The molecule has 0 bridgehead atoms. The number of anilines is 1. The van der Waals surface area contributed by atoms with Gasteiger partial charge in [0.2, 0.25) is 0 Å². The van der Waals surface area contributed by atoms with Crippen LogP contribution in [-0.4, -0.2) is 39.4 Å². The summed E-state index contributed by atoms with van der Waals surface area (Å²) in [6.45, 7) is 1.71. The van der Waals surface area contributed by atoms with Gasteiger partial charge in [-0.15, -0.1) is 10.2 Å². The lowest BCUT2D eigenvalue weighted by molar-refractivity contribution is 0.203. The number of hydrogen-bond acceptors (Lipinski definition) is 4. The lowest BCUT2D eigenvalue weighted by atomic mass is 10.2. The van der Waals surface area contributed by atoms with Crippen molar-refractivity contribution >= 4 is 11.7 Å². The molecular formula is C19H25N5O2. The second kappa shape index (κ2) is 7.35. The van der Waals surface area contributed by atoms with Crippen LogP contribution in [0.1, 0.15) is 49.8 Å². The molecule has 3 heterocycles. The van der Waals surface area contributed by atoms with E-state index in [1.54, 1.807) is 7.11 Å². The van der Waals surface area contributed by atoms with Gasteiger partial charge in [-0.05, 0) is 49.9 Å². The van der Waals surface area contributed by atoms with E-state index in [0.29, 0.717) is 0 Å². The molecule has 138 valence electrons. The Morgan fingerprint density at radius 2 is 1.96 bits per heavy atom. The lowest BCUT2D eigenvalue weighted by Crippen LogP contribution is -2.35. The molecule has 1 aromatic carbocycles. The molecule has 1 saturated heterocycles. The molecule has 1 unspecified atom stereocenters. The topological polar surface area (TPSA) is 72.3 Å². The molecule has 2 aromatic rings. The highest BCUT2D eigenvalue weighted by Crippen LogP contribution is 2.33. The van der Waals surface area contributed by atoms with Crippen LogP contribution in [0.15, 0.2) is 24.3 Å². The van der Waals surface area contributed by atoms with Crippen molar-refractivity contribution in [2.24, 2.45) is 0 Å². The van der Waals surface area contributed by atoms with Gasteiger partial charge in [-0.25, -0.2) is 4.79 Å². The minimum Gasteiger partial charge on any atom is -0.497 e. The van der Waals surface area contributed by atoms with Crippen molar-refractivity contribution in [3.63, 3.8) is 0 Å². The van der Waals surface area contributed by atoms with Crippen molar-refractivity contribution in [3.8, 4) is 5.75 Å². The Labute approximate surface area is 153 Å². The zero-order chi connectivity index (χ0) is 17.9. The number of likely N-dealkylation sites (tertiary alicyclic amines) is 1. The highest BCUT2D eigenvalue weighted by Gasteiger charge is 2.34. The van der Waals surface area contributed by atoms with Gasteiger partial charge in [-0.2, -0.15) is 0 Å². The monoisotopic (exact) mass is 355 g/mol. The number of amides is 2. The fourth-order valence-corrected chi connectivity index (χ4v) is 3.90. The Balaban J connectivity index is 1.51. The smallest absolute Gasteiger partial charge is 0.322 e. The van der Waals surface area contributed by atoms with Crippen molar-refractivity contribution in [2.75, 3.05) is 19.0 Å². The molecular weight excluding hydrogens is 330 g/mol. The first-order valence-corrected chi connectivity index (χ1v) is 9.40. The van der Waals surface area contributed by atoms with Crippen LogP contribution in [0.3, 0.4) is 0 Å². The van der Waals surface area contributed by atoms with E-state index in [4.69, 9.17) is 4.74 Å². The molecule has 7 heteroatoms. The zero-order valence-corrected chi connectivity index (χ0v) is 15.1. The van der Waals surface area contributed by atoms with Crippen molar-refractivity contribution in [2.45, 2.75) is 51.1 Å². The molecule has 0 spiro atoms. The predicted octanol–water partition coefficient (Wildman–Crippen LogP) is 3.38. The number of carbonyl (C=O) groups is 1. The first-order chi connectivity index (χ1) is 12.8. The summed E-state index contributed by atoms with van der Waals surface area (Å²) in [5.41, 5.74) is 0.765. The van der Waals surface area contributed by atoms with Gasteiger partial charge in [0, 0.05) is 25.2 Å². The Morgan fingerprint density at radius 1 is 1.12 bits per heavy atom. The fourth-order valence-electron chi connectivity index (χ4n) is 3.90. The van der Waals surface area contributed by atoms with Crippen molar-refractivity contribution in [1.29, 1.82) is 0 Å². The van der Waals surface area contributed by atoms with Crippen LogP contribution in [-0.2, 0) is 13.0 Å². The average Bonchev–Trinajstić information content (AvgIpc) is 3.23. The summed E-state index contributed by atoms with van der Waals surface area (Å²) in [7, 11) is 1.63. The number of methoxy groups -OCH3 is 1. The number of rotatable bonds is 3. The van der Waals surface area contributed by atoms with E-state index in [9.17, 15) is 4.79 Å². The number of benzene rings is 1. The molecule has 2 aliphatic heterocycles. The summed E-state index contributed by atoms with van der Waals surface area (Å²) < 4.78 is 7.41. The maximum atomic E-state index is 12.8. The van der Waals surface area contributed by atoms with E-state index in [-0.39, 0.29) is 12.1 Å². The van der Waals surface area contributed by atoms with Crippen LogP contribution < -0.4 is 10.1 Å². The molecule has 7 nitrogen and oxygen atoms in total. The standard InChI is InChI=1S/C19H25N5O2/c1-26-15-10-8-14(9-11-15)20-19(25)23-13-5-6-16(23)18-22-21-17-7-3-2-4-12-24(17)18/h8-11,16H,2-7,12-13H2,1H3,(H,20,25). The summed E-state index contributed by atoms with van der Waals surface area (Å²) in [5, 5.41) is 11.9. The second-order valence-electron chi connectivity index (χ2n) is 6.95. The number of aromatic nitrogens is 3. The lowest BCUT2D eigenvalue weighted by Gasteiger charge is -2.25. The number of fused-ring (bicyclic) bond motifs is 1. The number of carbonyl (C=O) groups excluding carboxylic acids is 1. The third-order valence-corrected chi connectivity index (χ3v) is 5.29. The van der Waals surface area contributed by atoms with Gasteiger partial charge >= 0.3 is 6.03 Å². The van der Waals surface area contributed by atoms with Gasteiger partial charge in [-0.3, -0.25) is 0 Å². The molecule has 2 amide bonds. The van der Waals surface area contributed by atoms with Crippen LogP contribution in [0, 0.1) is 0 Å². The van der Waals surface area contributed by atoms with Crippen LogP contribution in [0.5, 0.6) is 5.75 Å². The molecule has 4 rings (SSSR count). The minimum absolute atomic E-state index is 0.00704. The molecule has 0 radical (unpaired) electrons. The Bertz CT molecular complexity index is 771. The zero-order valence-electron chi connectivity index (χ0n) is 15.1. The molecule has 1 N–H and O–H groups in total. The molecule has 1 fully saturated rings. The highest BCUT2D eigenvalue weighted by molar-refractivity contribution is 5.89. The van der Waals surface area contributed by atoms with Gasteiger partial charge in [0.1, 0.15) is 11.6 Å². The maximum Gasteiger partial charge on any atom is 0.322 e. The maximum absolute atomic E-state index is 12.8. The number of nitrogens with one attached hydrogen (secondary N) is 1. The Hall–Kier alpha value is -2.57. The van der Waals surface area contributed by atoms with E-state index in [2.05, 4.69) is 20.1 Å². The SMILES string of the molecule is COc1ccc(NC(=O)N2CCCC2c2nnc3n2CCCCC3)cc1. The fraction of sp³-hybridized carbons (Fsp3) is 0.526. The van der Waals surface area contributed by atoms with E-state index in [1.807, 2.05) is 29.2 Å². The van der Waals surface area contributed by atoms with E-state index >= 15 is 0 Å².